The SMILES string of the molecule is O=[N+]([O-])c1ccc2c(CSc3nnc(COc4ccccc4)n3-c3ccccc3)c[nH]c2c1. The highest BCUT2D eigenvalue weighted by Crippen LogP contribution is 2.30. The summed E-state index contributed by atoms with van der Waals surface area (Å²) in [5.74, 6) is 2.09. The summed E-state index contributed by atoms with van der Waals surface area (Å²) in [6.07, 6.45) is 1.88. The number of para-hydroxylation sites is 2. The van der Waals surface area contributed by atoms with Crippen molar-refractivity contribution in [3.8, 4) is 11.4 Å². The Balaban J connectivity index is 1.40. The molecule has 2 heterocycles. The van der Waals surface area contributed by atoms with Crippen LogP contribution in [0.25, 0.3) is 16.6 Å². The number of ether oxygens (including phenoxy) is 1. The first-order chi connectivity index (χ1) is 16.2. The summed E-state index contributed by atoms with van der Waals surface area (Å²) in [5, 5.41) is 21.5. The zero-order valence-electron chi connectivity index (χ0n) is 17.4. The summed E-state index contributed by atoms with van der Waals surface area (Å²) in [7, 11) is 0. The third-order valence-electron chi connectivity index (χ3n) is 5.14. The minimum atomic E-state index is -0.393. The number of nitro groups is 1. The predicted molar refractivity (Wildman–Crippen MR) is 127 cm³/mol. The number of thioether (sulfide) groups is 1. The van der Waals surface area contributed by atoms with E-state index >= 15 is 0 Å². The van der Waals surface area contributed by atoms with Crippen molar-refractivity contribution in [1.29, 1.82) is 0 Å². The van der Waals surface area contributed by atoms with Crippen molar-refractivity contribution in [1.82, 2.24) is 19.7 Å². The molecule has 1 N–H and O–H groups in total. The number of aromatic nitrogens is 4. The van der Waals surface area contributed by atoms with Crippen molar-refractivity contribution < 1.29 is 9.66 Å². The van der Waals surface area contributed by atoms with Crippen molar-refractivity contribution >= 4 is 28.4 Å². The summed E-state index contributed by atoms with van der Waals surface area (Å²) >= 11 is 1.55. The normalized spacial score (nSPS) is 11.0. The molecular formula is C24H19N5O3S. The third-order valence-corrected chi connectivity index (χ3v) is 6.12. The molecule has 2 aromatic heterocycles. The van der Waals surface area contributed by atoms with Crippen LogP contribution in [0.3, 0.4) is 0 Å². The Morgan fingerprint density at radius 1 is 1.00 bits per heavy atom. The van der Waals surface area contributed by atoms with Gasteiger partial charge in [0.1, 0.15) is 12.4 Å². The van der Waals surface area contributed by atoms with Crippen LogP contribution < -0.4 is 4.74 Å². The van der Waals surface area contributed by atoms with Gasteiger partial charge in [-0.05, 0) is 35.9 Å². The molecule has 0 bridgehead atoms. The first-order valence-corrected chi connectivity index (χ1v) is 11.2. The summed E-state index contributed by atoms with van der Waals surface area (Å²) in [4.78, 5) is 13.8. The van der Waals surface area contributed by atoms with E-state index in [1.165, 1.54) is 6.07 Å². The Morgan fingerprint density at radius 3 is 2.52 bits per heavy atom. The molecule has 164 valence electrons. The molecule has 0 fully saturated rings. The van der Waals surface area contributed by atoms with Gasteiger partial charge in [0.25, 0.3) is 5.69 Å². The highest BCUT2D eigenvalue weighted by Gasteiger charge is 2.17. The Morgan fingerprint density at radius 2 is 1.76 bits per heavy atom. The minimum absolute atomic E-state index is 0.0652. The maximum atomic E-state index is 11.0. The molecule has 3 aromatic carbocycles. The van der Waals surface area contributed by atoms with E-state index in [-0.39, 0.29) is 12.3 Å². The summed E-state index contributed by atoms with van der Waals surface area (Å²) < 4.78 is 7.91. The van der Waals surface area contributed by atoms with E-state index < -0.39 is 4.92 Å². The molecule has 8 nitrogen and oxygen atoms in total. The number of nitrogens with one attached hydrogen (secondary N) is 1. The van der Waals surface area contributed by atoms with Gasteiger partial charge < -0.3 is 9.72 Å². The van der Waals surface area contributed by atoms with Crippen LogP contribution in [-0.2, 0) is 12.4 Å². The molecule has 0 radical (unpaired) electrons. The van der Waals surface area contributed by atoms with E-state index in [0.29, 0.717) is 11.6 Å². The van der Waals surface area contributed by atoms with Gasteiger partial charge in [0.15, 0.2) is 11.0 Å². The van der Waals surface area contributed by atoms with Crippen molar-refractivity contribution in [2.75, 3.05) is 0 Å². The van der Waals surface area contributed by atoms with Gasteiger partial charge in [-0.2, -0.15) is 0 Å². The lowest BCUT2D eigenvalue weighted by Crippen LogP contribution is -2.06. The van der Waals surface area contributed by atoms with E-state index in [0.717, 1.165) is 33.1 Å². The van der Waals surface area contributed by atoms with Crippen LogP contribution in [0.1, 0.15) is 11.4 Å². The van der Waals surface area contributed by atoms with Gasteiger partial charge in [-0.25, -0.2) is 0 Å². The standard InChI is InChI=1S/C24H19N5O3S/c30-29(31)19-11-12-21-17(14-25-22(21)13-19)16-33-24-27-26-23(15-32-20-9-5-2-6-10-20)28(24)18-7-3-1-4-8-18/h1-14,25H,15-16H2. The summed E-state index contributed by atoms with van der Waals surface area (Å²) in [6.45, 7) is 0.281. The molecule has 0 aliphatic carbocycles. The molecule has 0 unspecified atom stereocenters. The first-order valence-electron chi connectivity index (χ1n) is 10.2. The highest BCUT2D eigenvalue weighted by molar-refractivity contribution is 7.98. The number of benzene rings is 3. The van der Waals surface area contributed by atoms with Crippen LogP contribution >= 0.6 is 11.8 Å². The maximum Gasteiger partial charge on any atom is 0.271 e. The molecule has 0 aliphatic rings. The van der Waals surface area contributed by atoms with E-state index in [1.807, 2.05) is 71.4 Å². The average molecular weight is 458 g/mol. The van der Waals surface area contributed by atoms with E-state index in [2.05, 4.69) is 15.2 Å². The number of non-ortho nitro benzene ring substituents is 1. The number of hydrogen-bond donors (Lipinski definition) is 1. The minimum Gasteiger partial charge on any atom is -0.486 e. The maximum absolute atomic E-state index is 11.0. The second kappa shape index (κ2) is 9.17. The lowest BCUT2D eigenvalue weighted by Gasteiger charge is -2.11. The number of aromatic amines is 1. The number of H-pyrrole nitrogens is 1. The number of rotatable bonds is 8. The van der Waals surface area contributed by atoms with Crippen LogP contribution in [0, 0.1) is 10.1 Å². The molecule has 0 spiro atoms. The number of fused-ring (bicyclic) bond motifs is 1. The zero-order valence-corrected chi connectivity index (χ0v) is 18.2. The first kappa shape index (κ1) is 20.8. The van der Waals surface area contributed by atoms with Gasteiger partial charge in [-0.1, -0.05) is 48.2 Å². The molecule has 0 atom stereocenters. The molecule has 0 aliphatic heterocycles. The average Bonchev–Trinajstić information content (AvgIpc) is 3.45. The predicted octanol–water partition coefficient (Wildman–Crippen LogP) is 5.53. The van der Waals surface area contributed by atoms with Crippen LogP contribution in [0.2, 0.25) is 0 Å². The smallest absolute Gasteiger partial charge is 0.271 e. The zero-order chi connectivity index (χ0) is 22.6. The van der Waals surface area contributed by atoms with Crippen molar-refractivity contribution in [3.63, 3.8) is 0 Å². The van der Waals surface area contributed by atoms with E-state index in [9.17, 15) is 10.1 Å². The lowest BCUT2D eigenvalue weighted by atomic mass is 10.2. The molecule has 0 amide bonds. The van der Waals surface area contributed by atoms with Crippen molar-refractivity contribution in [3.05, 3.63) is 107 Å². The van der Waals surface area contributed by atoms with Gasteiger partial charge in [0, 0.05) is 35.2 Å². The molecule has 33 heavy (non-hydrogen) atoms. The second-order valence-corrected chi connectivity index (χ2v) is 8.20. The number of nitrogens with zero attached hydrogens (tertiary/aromatic N) is 4. The van der Waals surface area contributed by atoms with Crippen molar-refractivity contribution in [2.24, 2.45) is 0 Å². The van der Waals surface area contributed by atoms with Crippen LogP contribution in [0.5, 0.6) is 5.75 Å². The lowest BCUT2D eigenvalue weighted by molar-refractivity contribution is -0.384. The Labute approximate surface area is 193 Å². The van der Waals surface area contributed by atoms with Crippen LogP contribution in [-0.4, -0.2) is 24.7 Å². The van der Waals surface area contributed by atoms with Crippen LogP contribution in [0.4, 0.5) is 5.69 Å². The van der Waals surface area contributed by atoms with Gasteiger partial charge in [0.2, 0.25) is 0 Å². The third kappa shape index (κ3) is 4.44. The van der Waals surface area contributed by atoms with E-state index in [1.54, 1.807) is 23.9 Å². The molecule has 0 saturated carbocycles. The fraction of sp³-hybridized carbons (Fsp3) is 0.0833. The summed E-state index contributed by atoms with van der Waals surface area (Å²) in [6, 6.07) is 24.4. The Kier molecular flexibility index (Phi) is 5.77. The van der Waals surface area contributed by atoms with E-state index in [4.69, 9.17) is 4.74 Å². The fourth-order valence-corrected chi connectivity index (χ4v) is 4.50. The van der Waals surface area contributed by atoms with Crippen LogP contribution in [0.15, 0.2) is 90.2 Å². The Bertz CT molecular complexity index is 1400. The second-order valence-electron chi connectivity index (χ2n) is 7.26. The fourth-order valence-electron chi connectivity index (χ4n) is 3.54. The van der Waals surface area contributed by atoms with Gasteiger partial charge in [0.05, 0.1) is 10.4 Å². The quantitative estimate of drug-likeness (QED) is 0.187. The molecule has 5 aromatic rings. The van der Waals surface area contributed by atoms with Crippen molar-refractivity contribution in [2.45, 2.75) is 17.5 Å². The highest BCUT2D eigenvalue weighted by atomic mass is 32.2. The summed E-state index contributed by atoms with van der Waals surface area (Å²) in [5.41, 5.74) is 2.79. The largest absolute Gasteiger partial charge is 0.486 e. The number of nitro benzene ring substituents is 1. The van der Waals surface area contributed by atoms with Gasteiger partial charge >= 0.3 is 0 Å². The topological polar surface area (TPSA) is 98.9 Å². The molecule has 0 saturated heterocycles. The Hall–Kier alpha value is -4.11. The number of hydrogen-bond acceptors (Lipinski definition) is 6. The molecule has 5 rings (SSSR count). The molecular weight excluding hydrogens is 438 g/mol. The van der Waals surface area contributed by atoms with Gasteiger partial charge in [-0.3, -0.25) is 14.7 Å². The monoisotopic (exact) mass is 457 g/mol. The van der Waals surface area contributed by atoms with Gasteiger partial charge in [-0.15, -0.1) is 10.2 Å². The molecule has 9 heteroatoms.